The minimum absolute atomic E-state index is 0.0640. The van der Waals surface area contributed by atoms with Crippen molar-refractivity contribution < 1.29 is 27.1 Å². The van der Waals surface area contributed by atoms with Crippen molar-refractivity contribution >= 4 is 23.7 Å². The number of hydrogen-bond acceptors (Lipinski definition) is 6. The largest absolute Gasteiger partial charge is 0.497 e. The van der Waals surface area contributed by atoms with E-state index in [1.807, 2.05) is 72.2 Å². The number of piperidine rings is 1. The molecule has 0 saturated carbocycles. The van der Waals surface area contributed by atoms with Gasteiger partial charge in [0.1, 0.15) is 17.4 Å². The van der Waals surface area contributed by atoms with Crippen LogP contribution < -0.4 is 15.4 Å². The maximum Gasteiger partial charge on any atom is 0.386 e. The number of nitrogens with zero attached hydrogens (tertiary/aromatic N) is 4. The molecule has 288 valence electrons. The van der Waals surface area contributed by atoms with Gasteiger partial charge in [-0.1, -0.05) is 52.0 Å². The van der Waals surface area contributed by atoms with Gasteiger partial charge in [-0.15, -0.1) is 0 Å². The molecule has 2 aromatic heterocycles. The molecular formula is C39H62F4N6O2. The van der Waals surface area contributed by atoms with Crippen LogP contribution in [0.5, 0.6) is 5.75 Å². The molecule has 1 aliphatic carbocycles. The fourth-order valence-corrected chi connectivity index (χ4v) is 4.88. The molecule has 1 unspecified atom stereocenters. The van der Waals surface area contributed by atoms with Crippen molar-refractivity contribution in [3.8, 4) is 5.75 Å². The van der Waals surface area contributed by atoms with Crippen molar-refractivity contribution in [2.45, 2.75) is 113 Å². The standard InChI is InChI=1S/C18H24FN3.C15H23N3O2.C2H3F3.2C2H6/c1-6-12(2)11-17-14(4)22(5)18(21-17)20-16-10-8-13(3)7-9-15(16)19;1-11(2)18-8-5-12(6-9-18)15(19)17-14-10-13(20-3)4-7-16-14;1-2(3,4)5;2*1-2/h6-7,9,11,16H,1,8,10H2,2-5H3,(H,20,21);4,7,10-12H,5-6,8-9H2,1-3H3,(H,16,17,19);1H3;2*1-2H3/b12-11-;;;;. The second-order valence-electron chi connectivity index (χ2n) is 12.1. The van der Waals surface area contributed by atoms with Crippen molar-refractivity contribution in [2.24, 2.45) is 13.0 Å². The van der Waals surface area contributed by atoms with E-state index in [1.54, 1.807) is 37.6 Å². The number of carbonyl (C=O) groups excluding carboxylic acids is 1. The van der Waals surface area contributed by atoms with Gasteiger partial charge in [-0.3, -0.25) is 4.79 Å². The van der Waals surface area contributed by atoms with Crippen LogP contribution >= 0.6 is 0 Å². The Kier molecular flexibility index (Phi) is 22.4. The van der Waals surface area contributed by atoms with Gasteiger partial charge in [-0.2, -0.15) is 13.2 Å². The maximum absolute atomic E-state index is 14.2. The molecule has 0 aromatic carbocycles. The minimum atomic E-state index is -4.00. The lowest BCUT2D eigenvalue weighted by atomic mass is 9.95. The van der Waals surface area contributed by atoms with Crippen molar-refractivity contribution in [3.63, 3.8) is 0 Å². The van der Waals surface area contributed by atoms with Gasteiger partial charge in [0.05, 0.1) is 18.8 Å². The monoisotopic (exact) mass is 722 g/mol. The number of rotatable bonds is 8. The van der Waals surface area contributed by atoms with E-state index < -0.39 is 6.18 Å². The molecule has 1 fully saturated rings. The Hall–Kier alpha value is -3.93. The van der Waals surface area contributed by atoms with Crippen LogP contribution in [0.3, 0.4) is 0 Å². The SMILES string of the molecule is C=C/C(C)=C\c1nc(NC2CCC(C)=CC=C2F)n(C)c1C.CC.CC.CC(F)(F)F.COc1ccnc(NC(=O)C2CCN(C(C)C)CC2)c1. The number of hydrogen-bond donors (Lipinski definition) is 2. The van der Waals surface area contributed by atoms with Gasteiger partial charge in [0, 0.05) is 43.9 Å². The topological polar surface area (TPSA) is 84.3 Å². The summed E-state index contributed by atoms with van der Waals surface area (Å²) in [4.78, 5) is 23.4. The molecule has 0 bridgehead atoms. The van der Waals surface area contributed by atoms with E-state index >= 15 is 0 Å². The van der Waals surface area contributed by atoms with Gasteiger partial charge in [0.2, 0.25) is 11.9 Å². The van der Waals surface area contributed by atoms with Crippen LogP contribution in [-0.4, -0.2) is 63.8 Å². The highest BCUT2D eigenvalue weighted by Crippen LogP contribution is 2.25. The number of imidazole rings is 1. The first-order valence-corrected chi connectivity index (χ1v) is 17.8. The van der Waals surface area contributed by atoms with E-state index in [4.69, 9.17) is 4.74 Å². The molecule has 0 spiro atoms. The Balaban J connectivity index is 0.000000799. The molecule has 3 heterocycles. The number of alkyl halides is 3. The lowest BCUT2D eigenvalue weighted by molar-refractivity contribution is -0.121. The molecule has 1 aliphatic heterocycles. The van der Waals surface area contributed by atoms with Crippen molar-refractivity contribution in [1.82, 2.24) is 19.4 Å². The zero-order valence-electron chi connectivity index (χ0n) is 32.8. The number of aromatic nitrogens is 3. The van der Waals surface area contributed by atoms with Crippen LogP contribution in [0.4, 0.5) is 29.3 Å². The number of nitrogens with one attached hydrogen (secondary N) is 2. The van der Waals surface area contributed by atoms with Gasteiger partial charge < -0.3 is 24.8 Å². The third kappa shape index (κ3) is 18.2. The Bertz CT molecular complexity index is 1420. The third-order valence-electron chi connectivity index (χ3n) is 7.94. The summed E-state index contributed by atoms with van der Waals surface area (Å²) in [6.07, 6.45) is 8.25. The van der Waals surface area contributed by atoms with Crippen LogP contribution in [0.2, 0.25) is 0 Å². The van der Waals surface area contributed by atoms with Gasteiger partial charge in [0.15, 0.2) is 0 Å². The number of likely N-dealkylation sites (tertiary alicyclic amines) is 1. The summed E-state index contributed by atoms with van der Waals surface area (Å²) in [5, 5.41) is 6.11. The third-order valence-corrected chi connectivity index (χ3v) is 7.94. The molecule has 8 nitrogen and oxygen atoms in total. The van der Waals surface area contributed by atoms with E-state index in [9.17, 15) is 22.4 Å². The first-order chi connectivity index (χ1) is 24.0. The van der Waals surface area contributed by atoms with E-state index in [0.717, 1.165) is 55.7 Å². The first kappa shape index (κ1) is 47.1. The van der Waals surface area contributed by atoms with Crippen molar-refractivity contribution in [1.29, 1.82) is 0 Å². The van der Waals surface area contributed by atoms with Gasteiger partial charge >= 0.3 is 6.18 Å². The summed E-state index contributed by atoms with van der Waals surface area (Å²) in [6, 6.07) is 3.73. The molecule has 1 saturated heterocycles. The summed E-state index contributed by atoms with van der Waals surface area (Å²) >= 11 is 0. The molecule has 1 atom stereocenters. The van der Waals surface area contributed by atoms with E-state index in [2.05, 4.69) is 45.9 Å². The zero-order chi connectivity index (χ0) is 39.3. The number of halogens is 4. The predicted octanol–water partition coefficient (Wildman–Crippen LogP) is 10.5. The number of amides is 1. The fraction of sp³-hybridized carbons (Fsp3) is 0.564. The number of allylic oxidation sites excluding steroid dienone is 5. The number of carbonyl (C=O) groups is 1. The second kappa shape index (κ2) is 24.3. The first-order valence-electron chi connectivity index (χ1n) is 17.8. The van der Waals surface area contributed by atoms with Crippen LogP contribution in [0.1, 0.15) is 99.4 Å². The highest BCUT2D eigenvalue weighted by atomic mass is 19.4. The molecule has 51 heavy (non-hydrogen) atoms. The van der Waals surface area contributed by atoms with Crippen LogP contribution in [0, 0.1) is 12.8 Å². The molecule has 4 rings (SSSR count). The van der Waals surface area contributed by atoms with E-state index in [-0.39, 0.29) is 30.6 Å². The van der Waals surface area contributed by atoms with Crippen LogP contribution in [0.25, 0.3) is 6.08 Å². The predicted molar refractivity (Wildman–Crippen MR) is 205 cm³/mol. The smallest absolute Gasteiger partial charge is 0.386 e. The van der Waals surface area contributed by atoms with E-state index in [0.29, 0.717) is 23.6 Å². The molecule has 1 amide bonds. The zero-order valence-corrected chi connectivity index (χ0v) is 32.8. The van der Waals surface area contributed by atoms with Crippen molar-refractivity contribution in [2.75, 3.05) is 30.8 Å². The highest BCUT2D eigenvalue weighted by molar-refractivity contribution is 5.91. The fourth-order valence-electron chi connectivity index (χ4n) is 4.88. The summed E-state index contributed by atoms with van der Waals surface area (Å²) in [6.45, 7) is 24.3. The summed E-state index contributed by atoms with van der Waals surface area (Å²) in [7, 11) is 3.54. The van der Waals surface area contributed by atoms with Crippen LogP contribution in [-0.2, 0) is 11.8 Å². The number of ether oxygens (including phenoxy) is 1. The molecule has 2 N–H and O–H groups in total. The Morgan fingerprint density at radius 2 is 1.69 bits per heavy atom. The summed E-state index contributed by atoms with van der Waals surface area (Å²) in [5.41, 5.74) is 4.17. The number of methoxy groups -OCH3 is 1. The Morgan fingerprint density at radius 3 is 2.22 bits per heavy atom. The number of anilines is 2. The highest BCUT2D eigenvalue weighted by Gasteiger charge is 2.26. The normalized spacial score (nSPS) is 16.5. The average Bonchev–Trinajstić information content (AvgIpc) is 3.25. The molecular weight excluding hydrogens is 660 g/mol. The second-order valence-corrected chi connectivity index (χ2v) is 12.1. The molecule has 12 heteroatoms. The Labute approximate surface area is 304 Å². The maximum atomic E-state index is 14.2. The summed E-state index contributed by atoms with van der Waals surface area (Å²) < 4.78 is 52.3. The minimum Gasteiger partial charge on any atom is -0.497 e. The van der Waals surface area contributed by atoms with E-state index in [1.165, 1.54) is 5.57 Å². The quantitative estimate of drug-likeness (QED) is 0.208. The van der Waals surface area contributed by atoms with Gasteiger partial charge in [0.25, 0.3) is 0 Å². The lowest BCUT2D eigenvalue weighted by Gasteiger charge is -2.33. The Morgan fingerprint density at radius 1 is 1.10 bits per heavy atom. The van der Waals surface area contributed by atoms with Crippen molar-refractivity contribution in [3.05, 3.63) is 71.5 Å². The molecule has 2 aromatic rings. The molecule has 2 aliphatic rings. The number of pyridine rings is 1. The van der Waals surface area contributed by atoms with Gasteiger partial charge in [-0.05, 0) is 97.2 Å². The molecule has 0 radical (unpaired) electrons. The van der Waals surface area contributed by atoms with Crippen LogP contribution in [0.15, 0.2) is 60.1 Å². The van der Waals surface area contributed by atoms with Gasteiger partial charge in [-0.25, -0.2) is 14.4 Å². The summed E-state index contributed by atoms with van der Waals surface area (Å²) in [5.74, 6) is 1.95. The average molecular weight is 723 g/mol. The lowest BCUT2D eigenvalue weighted by Crippen LogP contribution is -2.41.